The van der Waals surface area contributed by atoms with E-state index in [-0.39, 0.29) is 30.1 Å². The fourth-order valence-corrected chi connectivity index (χ4v) is 3.98. The van der Waals surface area contributed by atoms with Crippen LogP contribution in [0.1, 0.15) is 49.1 Å². The number of ether oxygens (including phenoxy) is 1. The molecule has 2 aromatic rings. The molecule has 2 aromatic heterocycles. The quantitative estimate of drug-likeness (QED) is 0.318. The zero-order valence-electron chi connectivity index (χ0n) is 16.1. The van der Waals surface area contributed by atoms with Crippen LogP contribution in [-0.4, -0.2) is 43.1 Å². The van der Waals surface area contributed by atoms with Gasteiger partial charge in [0.1, 0.15) is 11.1 Å². The van der Waals surface area contributed by atoms with Crippen molar-refractivity contribution >= 4 is 52.6 Å². The summed E-state index contributed by atoms with van der Waals surface area (Å²) < 4.78 is 5.34. The molecule has 0 aliphatic rings. The number of hydrogen-bond acceptors (Lipinski definition) is 5. The van der Waals surface area contributed by atoms with Crippen LogP contribution >= 0.6 is 46.7 Å². The first kappa shape index (κ1) is 23.3. The van der Waals surface area contributed by atoms with E-state index in [1.165, 1.54) is 5.56 Å². The Kier molecular flexibility index (Phi) is 10.7. The number of halogens is 1. The highest BCUT2D eigenvalue weighted by atomic mass is 127. The third kappa shape index (κ3) is 6.79. The maximum atomic E-state index is 5.34. The molecule has 0 amide bonds. The maximum absolute atomic E-state index is 5.34. The number of aromatic nitrogens is 1. The summed E-state index contributed by atoms with van der Waals surface area (Å²) in [5, 5.41) is 10.8. The molecule has 0 aliphatic carbocycles. The molecule has 2 rings (SSSR count). The van der Waals surface area contributed by atoms with Gasteiger partial charge in [-0.1, -0.05) is 6.92 Å². The Labute approximate surface area is 181 Å². The van der Waals surface area contributed by atoms with Crippen LogP contribution in [0.2, 0.25) is 0 Å². The Morgan fingerprint density at radius 1 is 1.38 bits per heavy atom. The van der Waals surface area contributed by atoms with E-state index >= 15 is 0 Å². The molecular weight excluding hydrogens is 479 g/mol. The van der Waals surface area contributed by atoms with Crippen molar-refractivity contribution in [3.63, 3.8) is 0 Å². The summed E-state index contributed by atoms with van der Waals surface area (Å²) in [5.74, 6) is 1.33. The van der Waals surface area contributed by atoms with Crippen LogP contribution in [0.4, 0.5) is 0 Å². The molecule has 0 spiro atoms. The molecule has 0 radical (unpaired) electrons. The second kappa shape index (κ2) is 11.9. The molecule has 1 N–H and O–H groups in total. The van der Waals surface area contributed by atoms with E-state index in [4.69, 9.17) is 9.73 Å². The van der Waals surface area contributed by atoms with Gasteiger partial charge in [-0.2, -0.15) is 11.3 Å². The smallest absolute Gasteiger partial charge is 0.194 e. The van der Waals surface area contributed by atoms with Crippen LogP contribution in [0.5, 0.6) is 0 Å². The minimum Gasteiger partial charge on any atom is -0.375 e. The summed E-state index contributed by atoms with van der Waals surface area (Å²) in [6, 6.07) is 2.18. The van der Waals surface area contributed by atoms with Crippen molar-refractivity contribution in [3.8, 4) is 0 Å². The minimum absolute atomic E-state index is 0. The van der Waals surface area contributed by atoms with Crippen LogP contribution < -0.4 is 5.32 Å². The molecule has 0 aliphatic heterocycles. The topological polar surface area (TPSA) is 49.8 Å². The first-order valence-electron chi connectivity index (χ1n) is 8.53. The standard InChI is InChI=1S/C18H28N4OS2.HI/c1-6-19-18(20-9-13(2)15-7-8-24-11-15)22(4)10-16-12-25-17(21-16)14(3)23-5;/h7-8,11-14H,6,9-10H2,1-5H3,(H,19,20);1H. The van der Waals surface area contributed by atoms with Crippen molar-refractivity contribution in [1.82, 2.24) is 15.2 Å². The molecule has 0 fully saturated rings. The lowest BCUT2D eigenvalue weighted by molar-refractivity contribution is 0.119. The second-order valence-electron chi connectivity index (χ2n) is 6.06. The van der Waals surface area contributed by atoms with Gasteiger partial charge in [-0.3, -0.25) is 4.99 Å². The highest BCUT2D eigenvalue weighted by Crippen LogP contribution is 2.21. The third-order valence-corrected chi connectivity index (χ3v) is 5.75. The van der Waals surface area contributed by atoms with Crippen LogP contribution in [0.15, 0.2) is 27.2 Å². The number of guanidine groups is 1. The number of methoxy groups -OCH3 is 1. The number of rotatable bonds is 8. The van der Waals surface area contributed by atoms with Gasteiger partial charge in [-0.25, -0.2) is 4.98 Å². The minimum atomic E-state index is 0. The molecule has 2 atom stereocenters. The molecule has 8 heteroatoms. The highest BCUT2D eigenvalue weighted by Gasteiger charge is 2.13. The lowest BCUT2D eigenvalue weighted by atomic mass is 10.1. The number of thiophene rings is 1. The van der Waals surface area contributed by atoms with E-state index < -0.39 is 0 Å². The number of hydrogen-bond donors (Lipinski definition) is 1. The fourth-order valence-electron chi connectivity index (χ4n) is 2.35. The van der Waals surface area contributed by atoms with Gasteiger partial charge < -0.3 is 15.0 Å². The normalized spacial score (nSPS) is 13.8. The average Bonchev–Trinajstić information content (AvgIpc) is 3.29. The maximum Gasteiger partial charge on any atom is 0.194 e. The molecule has 0 bridgehead atoms. The van der Waals surface area contributed by atoms with Gasteiger partial charge in [0.15, 0.2) is 5.96 Å². The summed E-state index contributed by atoms with van der Waals surface area (Å²) >= 11 is 3.38. The van der Waals surface area contributed by atoms with Crippen molar-refractivity contribution in [3.05, 3.63) is 38.5 Å². The van der Waals surface area contributed by atoms with Gasteiger partial charge >= 0.3 is 0 Å². The lowest BCUT2D eigenvalue weighted by Crippen LogP contribution is -2.38. The molecule has 0 aromatic carbocycles. The number of aliphatic imine (C=N–C) groups is 1. The molecule has 26 heavy (non-hydrogen) atoms. The summed E-state index contributed by atoms with van der Waals surface area (Å²) in [6.45, 7) is 8.67. The van der Waals surface area contributed by atoms with Gasteiger partial charge in [0.25, 0.3) is 0 Å². The zero-order valence-corrected chi connectivity index (χ0v) is 20.0. The van der Waals surface area contributed by atoms with E-state index in [2.05, 4.69) is 58.3 Å². The zero-order chi connectivity index (χ0) is 18.2. The van der Waals surface area contributed by atoms with E-state index in [9.17, 15) is 0 Å². The Morgan fingerprint density at radius 3 is 2.77 bits per heavy atom. The van der Waals surface area contributed by atoms with Crippen LogP contribution in [0.3, 0.4) is 0 Å². The lowest BCUT2D eigenvalue weighted by Gasteiger charge is -2.21. The summed E-state index contributed by atoms with van der Waals surface area (Å²) in [6.07, 6.45) is 0.0393. The van der Waals surface area contributed by atoms with E-state index in [1.807, 2.05) is 6.92 Å². The SMILES string of the molecule is CCNC(=NCC(C)c1ccsc1)N(C)Cc1csc(C(C)OC)n1.I. The Morgan fingerprint density at radius 2 is 2.15 bits per heavy atom. The molecule has 2 heterocycles. The second-order valence-corrected chi connectivity index (χ2v) is 7.73. The first-order chi connectivity index (χ1) is 12.0. The van der Waals surface area contributed by atoms with E-state index in [1.54, 1.807) is 29.8 Å². The van der Waals surface area contributed by atoms with Crippen molar-refractivity contribution in [1.29, 1.82) is 0 Å². The van der Waals surface area contributed by atoms with Crippen LogP contribution in [0.25, 0.3) is 0 Å². The third-order valence-electron chi connectivity index (χ3n) is 3.99. The summed E-state index contributed by atoms with van der Waals surface area (Å²) in [4.78, 5) is 11.6. The van der Waals surface area contributed by atoms with Crippen molar-refractivity contribution in [2.24, 2.45) is 4.99 Å². The number of nitrogens with one attached hydrogen (secondary N) is 1. The largest absolute Gasteiger partial charge is 0.375 e. The van der Waals surface area contributed by atoms with E-state index in [0.29, 0.717) is 5.92 Å². The molecule has 2 unspecified atom stereocenters. The Bertz CT molecular complexity index is 660. The predicted octanol–water partition coefficient (Wildman–Crippen LogP) is 4.73. The number of thiazole rings is 1. The van der Waals surface area contributed by atoms with Crippen molar-refractivity contribution in [2.75, 3.05) is 27.2 Å². The monoisotopic (exact) mass is 508 g/mol. The van der Waals surface area contributed by atoms with Gasteiger partial charge in [0, 0.05) is 38.5 Å². The van der Waals surface area contributed by atoms with Crippen molar-refractivity contribution < 1.29 is 4.74 Å². The fraction of sp³-hybridized carbons (Fsp3) is 0.556. The first-order valence-corrected chi connectivity index (χ1v) is 10.4. The molecule has 146 valence electrons. The Hall–Kier alpha value is -0.710. The summed E-state index contributed by atoms with van der Waals surface area (Å²) in [5.41, 5.74) is 2.40. The van der Waals surface area contributed by atoms with Crippen LogP contribution in [-0.2, 0) is 11.3 Å². The van der Waals surface area contributed by atoms with Gasteiger partial charge in [-0.05, 0) is 36.2 Å². The van der Waals surface area contributed by atoms with Gasteiger partial charge in [-0.15, -0.1) is 35.3 Å². The predicted molar refractivity (Wildman–Crippen MR) is 123 cm³/mol. The Balaban J connectivity index is 0.00000338. The average molecular weight is 508 g/mol. The molecular formula is C18H29IN4OS2. The number of nitrogens with zero attached hydrogens (tertiary/aromatic N) is 3. The molecule has 0 saturated heterocycles. The summed E-state index contributed by atoms with van der Waals surface area (Å²) in [7, 11) is 3.76. The van der Waals surface area contributed by atoms with Crippen molar-refractivity contribution in [2.45, 2.75) is 39.3 Å². The van der Waals surface area contributed by atoms with E-state index in [0.717, 1.165) is 36.3 Å². The van der Waals surface area contributed by atoms with Gasteiger partial charge in [0.05, 0.1) is 12.2 Å². The highest BCUT2D eigenvalue weighted by molar-refractivity contribution is 14.0. The molecule has 5 nitrogen and oxygen atoms in total. The van der Waals surface area contributed by atoms with Crippen LogP contribution in [0, 0.1) is 0 Å². The molecule has 0 saturated carbocycles. The van der Waals surface area contributed by atoms with Gasteiger partial charge in [0.2, 0.25) is 0 Å².